The molecule has 1 aliphatic heterocycles. The average Bonchev–Trinajstić information content (AvgIpc) is 2.79. The van der Waals surface area contributed by atoms with Crippen molar-refractivity contribution in [1.82, 2.24) is 9.97 Å². The summed E-state index contributed by atoms with van der Waals surface area (Å²) < 4.78 is 5.52. The Kier molecular flexibility index (Phi) is 3.46. The molecule has 2 aromatic carbocycles. The van der Waals surface area contributed by atoms with Crippen LogP contribution in [0.1, 0.15) is 16.7 Å². The molecule has 0 amide bonds. The van der Waals surface area contributed by atoms with Gasteiger partial charge in [-0.15, -0.1) is 0 Å². The van der Waals surface area contributed by atoms with Crippen molar-refractivity contribution < 1.29 is 4.74 Å². The van der Waals surface area contributed by atoms with E-state index >= 15 is 0 Å². The minimum Gasteiger partial charge on any atom is -0.496 e. The Hall–Kier alpha value is -3.21. The number of aliphatic imine (C=N–C) groups is 1. The maximum Gasteiger partial charge on any atom is 0.220 e. The second-order valence-electron chi connectivity index (χ2n) is 5.51. The lowest BCUT2D eigenvalue weighted by molar-refractivity contribution is 0.414. The van der Waals surface area contributed by atoms with E-state index in [1.54, 1.807) is 13.3 Å². The number of rotatable bonds is 2. The first-order valence-corrected chi connectivity index (χ1v) is 7.67. The lowest BCUT2D eigenvalue weighted by Crippen LogP contribution is -2.06. The summed E-state index contributed by atoms with van der Waals surface area (Å²) in [6.45, 7) is 0.498. The summed E-state index contributed by atoms with van der Waals surface area (Å²) in [5, 5.41) is 0. The topological polar surface area (TPSA) is 73.4 Å². The van der Waals surface area contributed by atoms with Crippen molar-refractivity contribution in [2.24, 2.45) is 4.99 Å². The molecule has 4 rings (SSSR count). The number of nitrogen functional groups attached to an aromatic ring is 1. The fourth-order valence-electron chi connectivity index (χ4n) is 2.99. The molecule has 1 aromatic heterocycles. The highest BCUT2D eigenvalue weighted by Crippen LogP contribution is 2.33. The van der Waals surface area contributed by atoms with Gasteiger partial charge in [-0.25, -0.2) is 9.97 Å². The zero-order valence-corrected chi connectivity index (χ0v) is 13.2. The van der Waals surface area contributed by atoms with Crippen LogP contribution in [0.25, 0.3) is 11.3 Å². The molecule has 0 saturated carbocycles. The van der Waals surface area contributed by atoms with Gasteiger partial charge in [0.15, 0.2) is 0 Å². The molecule has 0 fully saturated rings. The number of aromatic nitrogens is 2. The quantitative estimate of drug-likeness (QED) is 0.788. The van der Waals surface area contributed by atoms with E-state index in [0.29, 0.717) is 6.54 Å². The summed E-state index contributed by atoms with van der Waals surface area (Å²) >= 11 is 0. The molecule has 1 aliphatic rings. The van der Waals surface area contributed by atoms with Gasteiger partial charge in [0.25, 0.3) is 0 Å². The zero-order valence-electron chi connectivity index (χ0n) is 13.2. The van der Waals surface area contributed by atoms with Crippen molar-refractivity contribution >= 4 is 11.7 Å². The zero-order chi connectivity index (χ0) is 16.5. The van der Waals surface area contributed by atoms with Gasteiger partial charge in [0.05, 0.1) is 25.1 Å². The number of nitrogens with two attached hydrogens (primary N) is 1. The molecule has 5 nitrogen and oxygen atoms in total. The van der Waals surface area contributed by atoms with Crippen LogP contribution in [0.5, 0.6) is 5.75 Å². The van der Waals surface area contributed by atoms with Crippen molar-refractivity contribution in [1.29, 1.82) is 0 Å². The maximum atomic E-state index is 5.80. The summed E-state index contributed by atoms with van der Waals surface area (Å²) in [5.74, 6) is 1.06. The maximum absolute atomic E-state index is 5.80. The van der Waals surface area contributed by atoms with Crippen LogP contribution in [0.2, 0.25) is 0 Å². The molecule has 0 unspecified atom stereocenters. The third-order valence-electron chi connectivity index (χ3n) is 4.09. The molecule has 2 N–H and O–H groups in total. The molecule has 0 bridgehead atoms. The number of nitrogens with zero attached hydrogens (tertiary/aromatic N) is 3. The first-order valence-electron chi connectivity index (χ1n) is 7.67. The van der Waals surface area contributed by atoms with Crippen LogP contribution in [-0.2, 0) is 6.54 Å². The fourth-order valence-corrected chi connectivity index (χ4v) is 2.99. The van der Waals surface area contributed by atoms with Crippen LogP contribution in [-0.4, -0.2) is 22.8 Å². The molecule has 0 radical (unpaired) electrons. The predicted octanol–water partition coefficient (Wildman–Crippen LogP) is 3.09. The molecule has 0 atom stereocenters. The molecule has 3 aromatic rings. The van der Waals surface area contributed by atoms with E-state index in [1.165, 1.54) is 0 Å². The summed E-state index contributed by atoms with van der Waals surface area (Å²) in [6, 6.07) is 16.0. The number of fused-ring (bicyclic) bond motifs is 3. The Morgan fingerprint density at radius 3 is 2.46 bits per heavy atom. The van der Waals surface area contributed by atoms with Crippen LogP contribution in [0, 0.1) is 0 Å². The van der Waals surface area contributed by atoms with Crippen LogP contribution in [0.3, 0.4) is 0 Å². The minimum atomic E-state index is 0.268. The van der Waals surface area contributed by atoms with Crippen LogP contribution < -0.4 is 10.5 Å². The molecule has 0 saturated heterocycles. The second kappa shape index (κ2) is 5.77. The lowest BCUT2D eigenvalue weighted by atomic mass is 9.95. The first kappa shape index (κ1) is 14.4. The van der Waals surface area contributed by atoms with Crippen LogP contribution in [0.4, 0.5) is 5.95 Å². The molecule has 2 heterocycles. The highest BCUT2D eigenvalue weighted by Gasteiger charge is 2.21. The summed E-state index contributed by atoms with van der Waals surface area (Å²) in [6.07, 6.45) is 1.75. The highest BCUT2D eigenvalue weighted by atomic mass is 16.5. The van der Waals surface area contributed by atoms with E-state index in [9.17, 15) is 0 Å². The third kappa shape index (κ3) is 2.31. The lowest BCUT2D eigenvalue weighted by Gasteiger charge is -2.13. The molecule has 0 spiro atoms. The van der Waals surface area contributed by atoms with Crippen molar-refractivity contribution in [3.05, 3.63) is 71.4 Å². The standard InChI is InChI=1S/C19H16N4O/c1-24-16-9-5-4-8-15(16)18-14-7-3-2-6-13(14)17-12(10-21-18)11-22-19(20)23-17/h2-9,11H,10H2,1H3,(H2,20,22,23). The van der Waals surface area contributed by atoms with E-state index < -0.39 is 0 Å². The third-order valence-corrected chi connectivity index (χ3v) is 4.09. The van der Waals surface area contributed by atoms with Crippen LogP contribution in [0.15, 0.2) is 59.7 Å². The number of methoxy groups -OCH3 is 1. The molecule has 5 heteroatoms. The molecule has 118 valence electrons. The van der Waals surface area contributed by atoms with Crippen molar-refractivity contribution in [2.45, 2.75) is 6.54 Å². The Labute approximate surface area is 139 Å². The van der Waals surface area contributed by atoms with Gasteiger partial charge in [0.2, 0.25) is 5.95 Å². The monoisotopic (exact) mass is 316 g/mol. The van der Waals surface area contributed by atoms with Crippen molar-refractivity contribution in [3.63, 3.8) is 0 Å². The van der Waals surface area contributed by atoms with E-state index in [-0.39, 0.29) is 5.95 Å². The van der Waals surface area contributed by atoms with Gasteiger partial charge in [-0.3, -0.25) is 4.99 Å². The van der Waals surface area contributed by atoms with Gasteiger partial charge in [-0.05, 0) is 12.1 Å². The van der Waals surface area contributed by atoms with Gasteiger partial charge in [-0.2, -0.15) is 0 Å². The van der Waals surface area contributed by atoms with Gasteiger partial charge in [0, 0.05) is 28.5 Å². The van der Waals surface area contributed by atoms with E-state index in [4.69, 9.17) is 15.5 Å². The summed E-state index contributed by atoms with van der Waals surface area (Å²) in [4.78, 5) is 13.4. The highest BCUT2D eigenvalue weighted by molar-refractivity contribution is 6.18. The normalized spacial score (nSPS) is 12.6. The Morgan fingerprint density at radius 2 is 1.67 bits per heavy atom. The number of hydrogen-bond acceptors (Lipinski definition) is 5. The summed E-state index contributed by atoms with van der Waals surface area (Å²) in [5.41, 5.74) is 11.5. The molecule has 24 heavy (non-hydrogen) atoms. The van der Waals surface area contributed by atoms with Gasteiger partial charge in [0.1, 0.15) is 5.75 Å². The van der Waals surface area contributed by atoms with E-state index in [2.05, 4.69) is 9.97 Å². The SMILES string of the molecule is COc1ccccc1C1=NCc2cnc(N)nc2-c2ccccc21. The molecular formula is C19H16N4O. The first-order chi connectivity index (χ1) is 11.8. The fraction of sp³-hybridized carbons (Fsp3) is 0.105. The molecule has 0 aliphatic carbocycles. The van der Waals surface area contributed by atoms with Gasteiger partial charge in [-0.1, -0.05) is 36.4 Å². The smallest absolute Gasteiger partial charge is 0.220 e. The Balaban J connectivity index is 1.98. The second-order valence-corrected chi connectivity index (χ2v) is 5.51. The number of para-hydroxylation sites is 1. The molecular weight excluding hydrogens is 300 g/mol. The van der Waals surface area contributed by atoms with Crippen molar-refractivity contribution in [3.8, 4) is 17.0 Å². The van der Waals surface area contributed by atoms with E-state index in [0.717, 1.165) is 39.4 Å². The number of ether oxygens (including phenoxy) is 1. The summed E-state index contributed by atoms with van der Waals surface area (Å²) in [7, 11) is 1.67. The average molecular weight is 316 g/mol. The number of benzene rings is 2. The Bertz CT molecular complexity index is 950. The Morgan fingerprint density at radius 1 is 0.958 bits per heavy atom. The van der Waals surface area contributed by atoms with Gasteiger partial charge >= 0.3 is 0 Å². The van der Waals surface area contributed by atoms with E-state index in [1.807, 2.05) is 48.5 Å². The number of hydrogen-bond donors (Lipinski definition) is 1. The number of anilines is 1. The van der Waals surface area contributed by atoms with Gasteiger partial charge < -0.3 is 10.5 Å². The predicted molar refractivity (Wildman–Crippen MR) is 94.2 cm³/mol. The van der Waals surface area contributed by atoms with Crippen molar-refractivity contribution in [2.75, 3.05) is 12.8 Å². The largest absolute Gasteiger partial charge is 0.496 e. The van der Waals surface area contributed by atoms with Crippen LogP contribution >= 0.6 is 0 Å². The minimum absolute atomic E-state index is 0.268.